The van der Waals surface area contributed by atoms with Gasteiger partial charge in [-0.1, -0.05) is 32.0 Å². The Bertz CT molecular complexity index is 626. The number of rotatable bonds is 6. The molecule has 1 heterocycles. The highest BCUT2D eigenvalue weighted by molar-refractivity contribution is 5.97. The number of hydrogen-bond donors (Lipinski definition) is 1. The third kappa shape index (κ3) is 4.50. The molecule has 24 heavy (non-hydrogen) atoms. The van der Waals surface area contributed by atoms with Crippen LogP contribution in [-0.2, 0) is 23.8 Å². The third-order valence-electron chi connectivity index (χ3n) is 3.87. The molecule has 0 spiro atoms. The smallest absolute Gasteiger partial charge is 0.377 e. The number of ether oxygens (including phenoxy) is 3. The van der Waals surface area contributed by atoms with E-state index in [9.17, 15) is 9.59 Å². The van der Waals surface area contributed by atoms with Crippen LogP contribution in [0.1, 0.15) is 38.7 Å². The fourth-order valence-electron chi connectivity index (χ4n) is 2.24. The van der Waals surface area contributed by atoms with Crippen molar-refractivity contribution in [3.63, 3.8) is 0 Å². The zero-order chi connectivity index (χ0) is 17.5. The van der Waals surface area contributed by atoms with E-state index in [2.05, 4.69) is 19.2 Å². The molecular weight excluding hydrogens is 310 g/mol. The number of carbonyl (C=O) groups is 2. The van der Waals surface area contributed by atoms with Gasteiger partial charge >= 0.3 is 5.97 Å². The van der Waals surface area contributed by atoms with Crippen molar-refractivity contribution in [1.82, 2.24) is 0 Å². The van der Waals surface area contributed by atoms with E-state index in [-0.39, 0.29) is 12.4 Å². The van der Waals surface area contributed by atoms with Gasteiger partial charge in [0.2, 0.25) is 5.76 Å². The molecule has 1 amide bonds. The molecule has 0 saturated carbocycles. The highest BCUT2D eigenvalue weighted by Crippen LogP contribution is 2.26. The lowest BCUT2D eigenvalue weighted by molar-refractivity contribution is -0.153. The van der Waals surface area contributed by atoms with Gasteiger partial charge < -0.3 is 19.5 Å². The van der Waals surface area contributed by atoms with Gasteiger partial charge in [-0.15, -0.1) is 0 Å². The molecule has 0 saturated heterocycles. The van der Waals surface area contributed by atoms with E-state index in [0.29, 0.717) is 12.5 Å². The van der Waals surface area contributed by atoms with Gasteiger partial charge in [0.15, 0.2) is 6.10 Å². The summed E-state index contributed by atoms with van der Waals surface area (Å²) in [6, 6.07) is 7.62. The lowest BCUT2D eigenvalue weighted by Gasteiger charge is -2.19. The molecule has 1 aliphatic rings. The fraction of sp³-hybridized carbons (Fsp3) is 0.444. The van der Waals surface area contributed by atoms with Gasteiger partial charge in [-0.25, -0.2) is 4.79 Å². The third-order valence-corrected chi connectivity index (χ3v) is 3.87. The first kappa shape index (κ1) is 17.8. The number of carbonyl (C=O) groups excluding carboxylic acids is 2. The predicted molar refractivity (Wildman–Crippen MR) is 89.3 cm³/mol. The molecule has 0 fully saturated rings. The molecule has 0 unspecified atom stereocenters. The lowest BCUT2D eigenvalue weighted by atomic mass is 9.97. The minimum atomic E-state index is -0.950. The Kier molecular flexibility index (Phi) is 6.23. The number of amides is 1. The molecule has 1 aliphatic heterocycles. The molecule has 0 aliphatic carbocycles. The summed E-state index contributed by atoms with van der Waals surface area (Å²) in [6.45, 7) is 6.38. The maximum Gasteiger partial charge on any atom is 0.377 e. The first-order valence-corrected chi connectivity index (χ1v) is 8.08. The summed E-state index contributed by atoms with van der Waals surface area (Å²) in [5.41, 5.74) is 1.79. The van der Waals surface area contributed by atoms with Gasteiger partial charge in [0.25, 0.3) is 5.91 Å². The number of nitrogens with one attached hydrogen (secondary N) is 1. The Balaban J connectivity index is 1.99. The molecule has 0 radical (unpaired) electrons. The highest BCUT2D eigenvalue weighted by Gasteiger charge is 2.24. The Morgan fingerprint density at radius 2 is 2.00 bits per heavy atom. The minimum absolute atomic E-state index is 0.0269. The maximum atomic E-state index is 12.3. The van der Waals surface area contributed by atoms with Crippen molar-refractivity contribution >= 4 is 17.6 Å². The largest absolute Gasteiger partial charge is 0.493 e. The molecule has 0 bridgehead atoms. The van der Waals surface area contributed by atoms with Gasteiger partial charge in [0.1, 0.15) is 19.5 Å². The Morgan fingerprint density at radius 3 is 2.67 bits per heavy atom. The average Bonchev–Trinajstić information content (AvgIpc) is 2.62. The van der Waals surface area contributed by atoms with Gasteiger partial charge in [-0.3, -0.25) is 4.79 Å². The van der Waals surface area contributed by atoms with Crippen LogP contribution >= 0.6 is 0 Å². The predicted octanol–water partition coefficient (Wildman–Crippen LogP) is 2.96. The molecule has 6 heteroatoms. The van der Waals surface area contributed by atoms with E-state index < -0.39 is 18.0 Å². The number of benzene rings is 1. The Hall–Kier alpha value is -2.50. The van der Waals surface area contributed by atoms with Crippen LogP contribution in [0.25, 0.3) is 0 Å². The normalized spacial score (nSPS) is 16.0. The van der Waals surface area contributed by atoms with Gasteiger partial charge in [-0.2, -0.15) is 0 Å². The Labute approximate surface area is 141 Å². The summed E-state index contributed by atoms with van der Waals surface area (Å²) in [7, 11) is 0. The van der Waals surface area contributed by atoms with E-state index in [1.165, 1.54) is 13.2 Å². The fourth-order valence-corrected chi connectivity index (χ4v) is 2.24. The van der Waals surface area contributed by atoms with Crippen molar-refractivity contribution in [1.29, 1.82) is 0 Å². The minimum Gasteiger partial charge on any atom is -0.493 e. The first-order chi connectivity index (χ1) is 11.5. The standard InChI is InChI=1S/C18H23NO5/c1-4-12(2)14-7-5-6-8-15(14)19-17(20)13(3)24-18(21)16-11-22-9-10-23-16/h5-8,11-13H,4,9-10H2,1-3H3,(H,19,20)/t12-,13+/m0/s1. The molecule has 1 aromatic carbocycles. The second-order valence-corrected chi connectivity index (χ2v) is 5.63. The lowest BCUT2D eigenvalue weighted by Crippen LogP contribution is -2.31. The van der Waals surface area contributed by atoms with Gasteiger partial charge in [-0.05, 0) is 30.9 Å². The van der Waals surface area contributed by atoms with Crippen LogP contribution < -0.4 is 5.32 Å². The second kappa shape index (κ2) is 8.38. The molecule has 0 aromatic heterocycles. The van der Waals surface area contributed by atoms with E-state index in [1.54, 1.807) is 0 Å². The van der Waals surface area contributed by atoms with Gasteiger partial charge in [0.05, 0.1) is 0 Å². The monoisotopic (exact) mass is 333 g/mol. The van der Waals surface area contributed by atoms with E-state index >= 15 is 0 Å². The summed E-state index contributed by atoms with van der Waals surface area (Å²) < 4.78 is 15.3. The van der Waals surface area contributed by atoms with Crippen molar-refractivity contribution in [2.75, 3.05) is 18.5 Å². The van der Waals surface area contributed by atoms with Crippen molar-refractivity contribution in [3.8, 4) is 0 Å². The van der Waals surface area contributed by atoms with Crippen LogP contribution in [-0.4, -0.2) is 31.2 Å². The summed E-state index contributed by atoms with van der Waals surface area (Å²) in [6.07, 6.45) is 1.21. The molecule has 1 aromatic rings. The number of esters is 1. The zero-order valence-corrected chi connectivity index (χ0v) is 14.2. The van der Waals surface area contributed by atoms with Crippen molar-refractivity contribution in [2.24, 2.45) is 0 Å². The summed E-state index contributed by atoms with van der Waals surface area (Å²) >= 11 is 0. The van der Waals surface area contributed by atoms with Crippen LogP contribution in [0.3, 0.4) is 0 Å². The maximum absolute atomic E-state index is 12.3. The molecule has 2 atom stereocenters. The van der Waals surface area contributed by atoms with E-state index in [4.69, 9.17) is 14.2 Å². The second-order valence-electron chi connectivity index (χ2n) is 5.63. The highest BCUT2D eigenvalue weighted by atomic mass is 16.6. The quantitative estimate of drug-likeness (QED) is 0.810. The molecule has 1 N–H and O–H groups in total. The van der Waals surface area contributed by atoms with E-state index in [0.717, 1.165) is 17.7 Å². The van der Waals surface area contributed by atoms with Crippen LogP contribution in [0.5, 0.6) is 0 Å². The topological polar surface area (TPSA) is 73.9 Å². The molecule has 2 rings (SSSR count). The van der Waals surface area contributed by atoms with Crippen molar-refractivity contribution in [2.45, 2.75) is 39.2 Å². The van der Waals surface area contributed by atoms with Crippen LogP contribution in [0, 0.1) is 0 Å². The molecule has 6 nitrogen and oxygen atoms in total. The van der Waals surface area contributed by atoms with Crippen molar-refractivity contribution in [3.05, 3.63) is 41.9 Å². The first-order valence-electron chi connectivity index (χ1n) is 8.08. The van der Waals surface area contributed by atoms with Crippen LogP contribution in [0.2, 0.25) is 0 Å². The van der Waals surface area contributed by atoms with E-state index in [1.807, 2.05) is 24.3 Å². The Morgan fingerprint density at radius 1 is 1.25 bits per heavy atom. The molecular formula is C18H23NO5. The SMILES string of the molecule is CC[C@H](C)c1ccccc1NC(=O)[C@@H](C)OC(=O)C1=COCCO1. The van der Waals surface area contributed by atoms with Crippen LogP contribution in [0.15, 0.2) is 36.3 Å². The molecule has 130 valence electrons. The number of hydrogen-bond acceptors (Lipinski definition) is 5. The van der Waals surface area contributed by atoms with Gasteiger partial charge in [0, 0.05) is 5.69 Å². The summed E-state index contributed by atoms with van der Waals surface area (Å²) in [5, 5.41) is 2.83. The van der Waals surface area contributed by atoms with Crippen LogP contribution in [0.4, 0.5) is 5.69 Å². The average molecular weight is 333 g/mol. The number of para-hydroxylation sites is 1. The zero-order valence-electron chi connectivity index (χ0n) is 14.2. The summed E-state index contributed by atoms with van der Waals surface area (Å²) in [5.74, 6) is -0.817. The summed E-state index contributed by atoms with van der Waals surface area (Å²) in [4.78, 5) is 24.2. The van der Waals surface area contributed by atoms with Crippen molar-refractivity contribution < 1.29 is 23.8 Å². The number of anilines is 1.